The summed E-state index contributed by atoms with van der Waals surface area (Å²) >= 11 is 0. The molecule has 100 valence electrons. The van der Waals surface area contributed by atoms with Gasteiger partial charge >= 0.3 is 0 Å². The quantitative estimate of drug-likeness (QED) is 0.810. The standard InChI is InChI=1S/C15H23FN2/c1-17-11-6-5-7-13(17)10-12-18(2)15-9-4-3-8-14(15)16/h3-4,8-9,13H,5-7,10-12H2,1-2H3. The van der Waals surface area contributed by atoms with Gasteiger partial charge in [0.05, 0.1) is 5.69 Å². The second-order valence-electron chi connectivity index (χ2n) is 5.29. The van der Waals surface area contributed by atoms with Crippen molar-refractivity contribution in [2.24, 2.45) is 0 Å². The molecule has 2 nitrogen and oxygen atoms in total. The summed E-state index contributed by atoms with van der Waals surface area (Å²) < 4.78 is 13.6. The summed E-state index contributed by atoms with van der Waals surface area (Å²) in [4.78, 5) is 4.47. The molecule has 1 aliphatic heterocycles. The Kier molecular flexibility index (Phi) is 4.59. The topological polar surface area (TPSA) is 6.48 Å². The normalized spacial score (nSPS) is 20.9. The Hall–Kier alpha value is -1.09. The molecule has 0 aromatic heterocycles. The largest absolute Gasteiger partial charge is 0.372 e. The SMILES string of the molecule is CN(CCC1CCCCN1C)c1ccccc1F. The van der Waals surface area contributed by atoms with Crippen molar-refractivity contribution in [3.8, 4) is 0 Å². The molecular formula is C15H23FN2. The van der Waals surface area contributed by atoms with Crippen LogP contribution in [0.5, 0.6) is 0 Å². The Labute approximate surface area is 109 Å². The maximum Gasteiger partial charge on any atom is 0.146 e. The number of hydrogen-bond acceptors (Lipinski definition) is 2. The summed E-state index contributed by atoms with van der Waals surface area (Å²) in [5, 5.41) is 0. The minimum absolute atomic E-state index is 0.128. The Morgan fingerprint density at radius 3 is 2.83 bits per heavy atom. The average molecular weight is 250 g/mol. The van der Waals surface area contributed by atoms with E-state index >= 15 is 0 Å². The summed E-state index contributed by atoms with van der Waals surface area (Å²) in [7, 11) is 4.17. The monoisotopic (exact) mass is 250 g/mol. The zero-order chi connectivity index (χ0) is 13.0. The van der Waals surface area contributed by atoms with Crippen molar-refractivity contribution < 1.29 is 4.39 Å². The summed E-state index contributed by atoms with van der Waals surface area (Å²) in [6.07, 6.45) is 5.04. The van der Waals surface area contributed by atoms with E-state index < -0.39 is 0 Å². The lowest BCUT2D eigenvalue weighted by Gasteiger charge is -2.34. The third-order valence-electron chi connectivity index (χ3n) is 3.98. The van der Waals surface area contributed by atoms with Crippen LogP contribution < -0.4 is 4.90 Å². The van der Waals surface area contributed by atoms with Crippen LogP contribution in [0, 0.1) is 5.82 Å². The fourth-order valence-corrected chi connectivity index (χ4v) is 2.73. The van der Waals surface area contributed by atoms with Crippen LogP contribution in [-0.2, 0) is 0 Å². The van der Waals surface area contributed by atoms with E-state index in [1.807, 2.05) is 24.1 Å². The molecule has 1 saturated heterocycles. The molecule has 1 unspecified atom stereocenters. The van der Waals surface area contributed by atoms with Gasteiger partial charge in [-0.1, -0.05) is 18.6 Å². The number of anilines is 1. The third-order valence-corrected chi connectivity index (χ3v) is 3.98. The van der Waals surface area contributed by atoms with Crippen molar-refractivity contribution >= 4 is 5.69 Å². The van der Waals surface area contributed by atoms with E-state index in [1.54, 1.807) is 6.07 Å². The lowest BCUT2D eigenvalue weighted by Crippen LogP contribution is -2.38. The molecule has 0 bridgehead atoms. The van der Waals surface area contributed by atoms with Gasteiger partial charge in [-0.15, -0.1) is 0 Å². The Balaban J connectivity index is 1.88. The fraction of sp³-hybridized carbons (Fsp3) is 0.600. The van der Waals surface area contributed by atoms with Gasteiger partial charge in [-0.2, -0.15) is 0 Å². The number of likely N-dealkylation sites (tertiary alicyclic amines) is 1. The highest BCUT2D eigenvalue weighted by Crippen LogP contribution is 2.21. The molecule has 0 N–H and O–H groups in total. The smallest absolute Gasteiger partial charge is 0.146 e. The summed E-state index contributed by atoms with van der Waals surface area (Å²) in [6.45, 7) is 2.12. The fourth-order valence-electron chi connectivity index (χ4n) is 2.73. The maximum atomic E-state index is 13.6. The molecule has 0 saturated carbocycles. The summed E-state index contributed by atoms with van der Waals surface area (Å²) in [6, 6.07) is 7.66. The number of rotatable bonds is 4. The van der Waals surface area contributed by atoms with Crippen molar-refractivity contribution in [2.75, 3.05) is 32.1 Å². The van der Waals surface area contributed by atoms with Gasteiger partial charge in [-0.3, -0.25) is 0 Å². The molecule has 18 heavy (non-hydrogen) atoms. The van der Waals surface area contributed by atoms with Crippen molar-refractivity contribution in [1.29, 1.82) is 0 Å². The van der Waals surface area contributed by atoms with Crippen LogP contribution in [0.3, 0.4) is 0 Å². The van der Waals surface area contributed by atoms with Gasteiger partial charge in [0.1, 0.15) is 5.82 Å². The van der Waals surface area contributed by atoms with Gasteiger partial charge in [-0.25, -0.2) is 4.39 Å². The van der Waals surface area contributed by atoms with E-state index in [9.17, 15) is 4.39 Å². The van der Waals surface area contributed by atoms with Crippen LogP contribution in [0.15, 0.2) is 24.3 Å². The van der Waals surface area contributed by atoms with E-state index in [1.165, 1.54) is 31.9 Å². The van der Waals surface area contributed by atoms with Gasteiger partial charge in [0, 0.05) is 19.6 Å². The highest BCUT2D eigenvalue weighted by molar-refractivity contribution is 5.46. The molecular weight excluding hydrogens is 227 g/mol. The summed E-state index contributed by atoms with van der Waals surface area (Å²) in [5.74, 6) is -0.128. The number of para-hydroxylation sites is 1. The predicted octanol–water partition coefficient (Wildman–Crippen LogP) is 3.14. The van der Waals surface area contributed by atoms with E-state index in [0.717, 1.165) is 13.0 Å². The zero-order valence-electron chi connectivity index (χ0n) is 11.4. The highest BCUT2D eigenvalue weighted by atomic mass is 19.1. The van der Waals surface area contributed by atoms with Crippen molar-refractivity contribution in [2.45, 2.75) is 31.7 Å². The van der Waals surface area contributed by atoms with Gasteiger partial charge in [0.25, 0.3) is 0 Å². The van der Waals surface area contributed by atoms with Crippen molar-refractivity contribution in [3.63, 3.8) is 0 Å². The van der Waals surface area contributed by atoms with Crippen LogP contribution in [0.25, 0.3) is 0 Å². The van der Waals surface area contributed by atoms with E-state index in [-0.39, 0.29) is 5.82 Å². The second kappa shape index (κ2) is 6.19. The van der Waals surface area contributed by atoms with Crippen LogP contribution in [0.1, 0.15) is 25.7 Å². The molecule has 1 aromatic carbocycles. The minimum atomic E-state index is -0.128. The van der Waals surface area contributed by atoms with Crippen LogP contribution in [0.4, 0.5) is 10.1 Å². The van der Waals surface area contributed by atoms with E-state index in [2.05, 4.69) is 11.9 Å². The average Bonchev–Trinajstić information content (AvgIpc) is 2.38. The number of hydrogen-bond donors (Lipinski definition) is 0. The molecule has 0 spiro atoms. The van der Waals surface area contributed by atoms with Crippen LogP contribution in [-0.4, -0.2) is 38.1 Å². The highest BCUT2D eigenvalue weighted by Gasteiger charge is 2.19. The molecule has 3 heteroatoms. The van der Waals surface area contributed by atoms with E-state index in [4.69, 9.17) is 0 Å². The molecule has 0 radical (unpaired) electrons. The number of benzene rings is 1. The first-order valence-electron chi connectivity index (χ1n) is 6.84. The number of nitrogens with zero attached hydrogens (tertiary/aromatic N) is 2. The lowest BCUT2D eigenvalue weighted by atomic mass is 10.00. The van der Waals surface area contributed by atoms with Gasteiger partial charge < -0.3 is 9.80 Å². The zero-order valence-corrected chi connectivity index (χ0v) is 11.4. The second-order valence-corrected chi connectivity index (χ2v) is 5.29. The van der Waals surface area contributed by atoms with E-state index in [0.29, 0.717) is 11.7 Å². The molecule has 0 amide bonds. The van der Waals surface area contributed by atoms with Crippen molar-refractivity contribution in [3.05, 3.63) is 30.1 Å². The molecule has 1 heterocycles. The molecule has 1 aliphatic rings. The van der Waals surface area contributed by atoms with Crippen LogP contribution in [0.2, 0.25) is 0 Å². The molecule has 1 fully saturated rings. The van der Waals surface area contributed by atoms with Gasteiger partial charge in [-0.05, 0) is 45.0 Å². The molecule has 0 aliphatic carbocycles. The third kappa shape index (κ3) is 3.22. The first-order valence-corrected chi connectivity index (χ1v) is 6.84. The lowest BCUT2D eigenvalue weighted by molar-refractivity contribution is 0.178. The summed E-state index contributed by atoms with van der Waals surface area (Å²) in [5.41, 5.74) is 0.705. The number of halogens is 1. The number of piperidine rings is 1. The Morgan fingerprint density at radius 2 is 2.11 bits per heavy atom. The van der Waals surface area contributed by atoms with Crippen LogP contribution >= 0.6 is 0 Å². The Bertz CT molecular complexity index is 381. The predicted molar refractivity (Wildman–Crippen MR) is 74.6 cm³/mol. The Morgan fingerprint density at radius 1 is 1.33 bits per heavy atom. The first kappa shape index (κ1) is 13.3. The molecule has 1 atom stereocenters. The minimum Gasteiger partial charge on any atom is -0.372 e. The first-order chi connectivity index (χ1) is 8.68. The molecule has 1 aromatic rings. The van der Waals surface area contributed by atoms with Gasteiger partial charge in [0.2, 0.25) is 0 Å². The van der Waals surface area contributed by atoms with Crippen molar-refractivity contribution in [1.82, 2.24) is 4.90 Å². The van der Waals surface area contributed by atoms with Gasteiger partial charge in [0.15, 0.2) is 0 Å². The maximum absolute atomic E-state index is 13.6. The molecule has 2 rings (SSSR count).